The number of fused-ring (bicyclic) bond motifs is 4. The maximum Gasteiger partial charge on any atom is 0.153 e. The number of nitrogens with zero attached hydrogens (tertiary/aromatic N) is 2. The molecule has 0 bridgehead atoms. The number of aryl methyl sites for hydroxylation is 1. The van der Waals surface area contributed by atoms with E-state index in [0.717, 1.165) is 11.1 Å². The highest BCUT2D eigenvalue weighted by Gasteiger charge is 2.53. The summed E-state index contributed by atoms with van der Waals surface area (Å²) in [6.07, 6.45) is 8.06. The number of aromatic nitrogens is 1. The largest absolute Gasteiger partial charge is 0.456 e. The van der Waals surface area contributed by atoms with E-state index in [-0.39, 0.29) is 11.6 Å². The predicted molar refractivity (Wildman–Crippen MR) is 101 cm³/mol. The van der Waals surface area contributed by atoms with Crippen molar-refractivity contribution in [2.24, 2.45) is 0 Å². The van der Waals surface area contributed by atoms with E-state index in [0.29, 0.717) is 0 Å². The Morgan fingerprint density at radius 3 is 2.68 bits per heavy atom. The monoisotopic (exact) mass is 332 g/mol. The second-order valence-electron chi connectivity index (χ2n) is 7.62. The van der Waals surface area contributed by atoms with Gasteiger partial charge in [-0.2, -0.15) is 0 Å². The highest BCUT2D eigenvalue weighted by molar-refractivity contribution is 5.82. The van der Waals surface area contributed by atoms with Crippen LogP contribution in [-0.4, -0.2) is 4.98 Å². The summed E-state index contributed by atoms with van der Waals surface area (Å²) >= 11 is 0. The highest BCUT2D eigenvalue weighted by Crippen LogP contribution is 2.57. The van der Waals surface area contributed by atoms with E-state index in [9.17, 15) is 0 Å². The van der Waals surface area contributed by atoms with Gasteiger partial charge in [-0.25, -0.2) is 0 Å². The van der Waals surface area contributed by atoms with E-state index in [1.165, 1.54) is 54.7 Å². The van der Waals surface area contributed by atoms with E-state index in [1.807, 2.05) is 12.3 Å². The summed E-state index contributed by atoms with van der Waals surface area (Å²) in [4.78, 5) is 7.31. The number of furan rings is 1. The SMILES string of the molecule is Cc1ccccc1N1[C@@H](C)c2c(oc3cccnc23)C12CCCCC2. The number of rotatable bonds is 1. The maximum absolute atomic E-state index is 6.46. The molecular weight excluding hydrogens is 308 g/mol. The van der Waals surface area contributed by atoms with Crippen molar-refractivity contribution < 1.29 is 4.42 Å². The minimum absolute atomic E-state index is 0.0141. The molecule has 1 aliphatic carbocycles. The molecule has 5 rings (SSSR count). The van der Waals surface area contributed by atoms with Gasteiger partial charge in [0.1, 0.15) is 11.3 Å². The zero-order valence-electron chi connectivity index (χ0n) is 15.0. The molecule has 0 unspecified atom stereocenters. The molecule has 2 aromatic heterocycles. The van der Waals surface area contributed by atoms with Crippen molar-refractivity contribution in [2.75, 3.05) is 4.90 Å². The van der Waals surface area contributed by atoms with Gasteiger partial charge in [0, 0.05) is 17.4 Å². The molecular formula is C22H24N2O. The molecule has 1 aliphatic heterocycles. The smallest absolute Gasteiger partial charge is 0.153 e. The Morgan fingerprint density at radius 1 is 1.08 bits per heavy atom. The van der Waals surface area contributed by atoms with Crippen molar-refractivity contribution in [3.05, 3.63) is 59.5 Å². The first-order valence-corrected chi connectivity index (χ1v) is 9.45. The van der Waals surface area contributed by atoms with E-state index in [2.05, 4.69) is 54.1 Å². The summed E-state index contributed by atoms with van der Waals surface area (Å²) in [5.74, 6) is 1.18. The molecule has 1 atom stereocenters. The van der Waals surface area contributed by atoms with Crippen molar-refractivity contribution in [2.45, 2.75) is 57.5 Å². The fraction of sp³-hybridized carbons (Fsp3) is 0.409. The van der Waals surface area contributed by atoms with Crippen LogP contribution in [0, 0.1) is 6.92 Å². The normalized spacial score (nSPS) is 21.8. The summed E-state index contributed by atoms with van der Waals surface area (Å²) in [7, 11) is 0. The lowest BCUT2D eigenvalue weighted by Gasteiger charge is -2.45. The standard InChI is InChI=1S/C22H24N2O/c1-15-9-4-5-10-17(15)24-16(2)19-20-18(11-8-14-23-20)25-21(19)22(24)12-6-3-7-13-22/h4-5,8-11,14,16H,3,6-7,12-13H2,1-2H3/t16-/m0/s1. The predicted octanol–water partition coefficient (Wildman–Crippen LogP) is 5.88. The van der Waals surface area contributed by atoms with E-state index in [1.54, 1.807) is 0 Å². The third-order valence-corrected chi connectivity index (χ3v) is 6.23. The molecule has 3 nitrogen and oxygen atoms in total. The van der Waals surface area contributed by atoms with Crippen LogP contribution >= 0.6 is 0 Å². The van der Waals surface area contributed by atoms with Crippen molar-refractivity contribution >= 4 is 16.8 Å². The number of hydrogen-bond acceptors (Lipinski definition) is 3. The average molecular weight is 332 g/mol. The third-order valence-electron chi connectivity index (χ3n) is 6.23. The van der Waals surface area contributed by atoms with Crippen LogP contribution in [0.3, 0.4) is 0 Å². The molecule has 3 heterocycles. The molecule has 3 heteroatoms. The van der Waals surface area contributed by atoms with Gasteiger partial charge in [-0.3, -0.25) is 4.98 Å². The van der Waals surface area contributed by atoms with Gasteiger partial charge in [0.05, 0.1) is 11.6 Å². The average Bonchev–Trinajstić information content (AvgIpc) is 3.13. The van der Waals surface area contributed by atoms with Crippen LogP contribution in [0.2, 0.25) is 0 Å². The van der Waals surface area contributed by atoms with Crippen LogP contribution in [0.25, 0.3) is 11.1 Å². The molecule has 2 aliphatic rings. The van der Waals surface area contributed by atoms with E-state index in [4.69, 9.17) is 4.42 Å². The zero-order valence-corrected chi connectivity index (χ0v) is 15.0. The number of anilines is 1. The molecule has 0 radical (unpaired) electrons. The Kier molecular flexibility index (Phi) is 3.21. The Morgan fingerprint density at radius 2 is 1.88 bits per heavy atom. The summed E-state index contributed by atoms with van der Waals surface area (Å²) in [6.45, 7) is 4.54. The minimum atomic E-state index is -0.0141. The lowest BCUT2D eigenvalue weighted by atomic mass is 9.79. The summed E-state index contributed by atoms with van der Waals surface area (Å²) in [5, 5.41) is 0. The molecule has 0 N–H and O–H groups in total. The van der Waals surface area contributed by atoms with Crippen molar-refractivity contribution in [3.63, 3.8) is 0 Å². The topological polar surface area (TPSA) is 29.3 Å². The number of hydrogen-bond donors (Lipinski definition) is 0. The molecule has 1 fully saturated rings. The lowest BCUT2D eigenvalue weighted by Crippen LogP contribution is -2.44. The Balaban J connectivity index is 1.78. The molecule has 25 heavy (non-hydrogen) atoms. The number of benzene rings is 1. The fourth-order valence-corrected chi connectivity index (χ4v) is 5.17. The molecule has 1 spiro atoms. The van der Waals surface area contributed by atoms with Crippen LogP contribution in [0.5, 0.6) is 0 Å². The van der Waals surface area contributed by atoms with Crippen LogP contribution in [0.15, 0.2) is 47.0 Å². The van der Waals surface area contributed by atoms with Gasteiger partial charge in [0.2, 0.25) is 0 Å². The minimum Gasteiger partial charge on any atom is -0.456 e. The van der Waals surface area contributed by atoms with Crippen LogP contribution in [0.4, 0.5) is 5.69 Å². The first-order valence-electron chi connectivity index (χ1n) is 9.45. The quantitative estimate of drug-likeness (QED) is 0.557. The lowest BCUT2D eigenvalue weighted by molar-refractivity contribution is 0.247. The zero-order chi connectivity index (χ0) is 17.0. The summed E-state index contributed by atoms with van der Waals surface area (Å²) in [5.41, 5.74) is 5.95. The van der Waals surface area contributed by atoms with Gasteiger partial charge in [0.25, 0.3) is 0 Å². The van der Waals surface area contributed by atoms with Gasteiger partial charge in [-0.15, -0.1) is 0 Å². The van der Waals surface area contributed by atoms with Gasteiger partial charge in [-0.05, 0) is 50.5 Å². The van der Waals surface area contributed by atoms with E-state index >= 15 is 0 Å². The molecule has 0 amide bonds. The van der Waals surface area contributed by atoms with Crippen molar-refractivity contribution in [1.29, 1.82) is 0 Å². The molecule has 3 aromatic rings. The summed E-state index contributed by atoms with van der Waals surface area (Å²) in [6, 6.07) is 13.1. The van der Waals surface area contributed by atoms with Gasteiger partial charge >= 0.3 is 0 Å². The van der Waals surface area contributed by atoms with Crippen LogP contribution < -0.4 is 4.90 Å². The van der Waals surface area contributed by atoms with Crippen molar-refractivity contribution in [3.8, 4) is 0 Å². The second-order valence-corrected chi connectivity index (χ2v) is 7.62. The molecule has 0 saturated heterocycles. The Hall–Kier alpha value is -2.29. The molecule has 1 saturated carbocycles. The highest BCUT2D eigenvalue weighted by atomic mass is 16.3. The molecule has 128 valence electrons. The fourth-order valence-electron chi connectivity index (χ4n) is 5.17. The summed E-state index contributed by atoms with van der Waals surface area (Å²) < 4.78 is 6.46. The Labute approximate surface area is 148 Å². The number of para-hydroxylation sites is 1. The first kappa shape index (κ1) is 15.0. The maximum atomic E-state index is 6.46. The number of pyridine rings is 1. The van der Waals surface area contributed by atoms with Crippen LogP contribution in [0.1, 0.15) is 62.0 Å². The Bertz CT molecular complexity index is 936. The van der Waals surface area contributed by atoms with Crippen LogP contribution in [-0.2, 0) is 5.54 Å². The van der Waals surface area contributed by atoms with Gasteiger partial charge in [-0.1, -0.05) is 37.5 Å². The van der Waals surface area contributed by atoms with E-state index < -0.39 is 0 Å². The third kappa shape index (κ3) is 1.95. The first-order chi connectivity index (χ1) is 12.2. The molecule has 1 aromatic carbocycles. The van der Waals surface area contributed by atoms with Crippen molar-refractivity contribution in [1.82, 2.24) is 4.98 Å². The van der Waals surface area contributed by atoms with Gasteiger partial charge in [0.15, 0.2) is 5.58 Å². The van der Waals surface area contributed by atoms with Gasteiger partial charge < -0.3 is 9.32 Å². The second kappa shape index (κ2) is 5.35.